The largest absolute Gasteiger partial charge is 0.486 e. The third kappa shape index (κ3) is 3.69. The van der Waals surface area contributed by atoms with Crippen molar-refractivity contribution in [2.24, 2.45) is 0 Å². The van der Waals surface area contributed by atoms with Gasteiger partial charge in [0.2, 0.25) is 11.8 Å². The Bertz CT molecular complexity index is 1170. The maximum Gasteiger partial charge on any atom is 0.225 e. The molecule has 4 aliphatic rings. The number of hydrogen-bond donors (Lipinski definition) is 0. The zero-order valence-electron chi connectivity index (χ0n) is 20.7. The van der Waals surface area contributed by atoms with Crippen molar-refractivity contribution in [1.29, 1.82) is 0 Å². The van der Waals surface area contributed by atoms with Crippen LogP contribution in [0.15, 0.2) is 36.4 Å². The molecular weight excluding hydrogens is 440 g/mol. The molecule has 1 spiro atoms. The quantitative estimate of drug-likeness (QED) is 0.633. The number of carbonyl (C=O) groups is 2. The highest BCUT2D eigenvalue weighted by molar-refractivity contribution is 5.81. The molecular formula is C29H34N2O4. The van der Waals surface area contributed by atoms with Crippen LogP contribution in [0.4, 0.5) is 0 Å². The Labute approximate surface area is 207 Å². The summed E-state index contributed by atoms with van der Waals surface area (Å²) in [7, 11) is 0. The SMILES string of the molecule is CC(=O)N1CCc2ccccc2C1CC(=O)N1CC2(CCCC2)c2cc3c(cc2C1C)OCCO3. The Kier molecular flexibility index (Phi) is 5.50. The number of benzene rings is 2. The molecule has 2 aromatic carbocycles. The Morgan fingerprint density at radius 2 is 1.71 bits per heavy atom. The van der Waals surface area contributed by atoms with Crippen LogP contribution in [0.2, 0.25) is 0 Å². The normalized spacial score (nSPS) is 24.2. The first-order chi connectivity index (χ1) is 17.0. The van der Waals surface area contributed by atoms with Gasteiger partial charge in [-0.3, -0.25) is 9.59 Å². The van der Waals surface area contributed by atoms with Crippen LogP contribution in [-0.2, 0) is 21.4 Å². The number of fused-ring (bicyclic) bond motifs is 4. The van der Waals surface area contributed by atoms with E-state index >= 15 is 0 Å². The minimum Gasteiger partial charge on any atom is -0.486 e. The minimum atomic E-state index is -0.210. The predicted octanol–water partition coefficient (Wildman–Crippen LogP) is 4.71. The fraction of sp³-hybridized carbons (Fsp3) is 0.517. The molecule has 1 saturated carbocycles. The van der Waals surface area contributed by atoms with Crippen molar-refractivity contribution in [3.8, 4) is 11.5 Å². The second kappa shape index (κ2) is 8.58. The molecule has 2 amide bonds. The Morgan fingerprint density at radius 3 is 2.46 bits per heavy atom. The van der Waals surface area contributed by atoms with E-state index in [-0.39, 0.29) is 29.3 Å². The molecule has 2 unspecified atom stereocenters. The van der Waals surface area contributed by atoms with Crippen LogP contribution in [0.5, 0.6) is 11.5 Å². The highest BCUT2D eigenvalue weighted by Crippen LogP contribution is 2.52. The topological polar surface area (TPSA) is 59.1 Å². The second-order valence-corrected chi connectivity index (χ2v) is 10.6. The Balaban J connectivity index is 1.35. The summed E-state index contributed by atoms with van der Waals surface area (Å²) < 4.78 is 11.8. The van der Waals surface area contributed by atoms with Crippen LogP contribution in [-0.4, -0.2) is 47.9 Å². The van der Waals surface area contributed by atoms with Crippen molar-refractivity contribution in [2.45, 2.75) is 69.9 Å². The molecule has 6 rings (SSSR count). The standard InChI is InChI=1S/C29H34N2O4/c1-19-23-15-26-27(35-14-13-34-26)16-24(23)29(10-5-6-11-29)18-31(19)28(33)17-25-22-8-4-3-7-21(22)9-12-30(25)20(2)32/h3-4,7-8,15-16,19,25H,5-6,9-14,17-18H2,1-2H3. The summed E-state index contributed by atoms with van der Waals surface area (Å²) in [6, 6.07) is 12.3. The first-order valence-corrected chi connectivity index (χ1v) is 13.1. The molecule has 6 heteroatoms. The van der Waals surface area contributed by atoms with Crippen LogP contribution in [0.1, 0.15) is 80.3 Å². The number of hydrogen-bond acceptors (Lipinski definition) is 4. The fourth-order valence-corrected chi connectivity index (χ4v) is 6.94. The molecule has 0 N–H and O–H groups in total. The van der Waals surface area contributed by atoms with E-state index < -0.39 is 0 Å². The van der Waals surface area contributed by atoms with E-state index in [1.54, 1.807) is 6.92 Å². The molecule has 3 heterocycles. The van der Waals surface area contributed by atoms with Gasteiger partial charge >= 0.3 is 0 Å². The van der Waals surface area contributed by atoms with Gasteiger partial charge in [0.25, 0.3) is 0 Å². The summed E-state index contributed by atoms with van der Waals surface area (Å²) >= 11 is 0. The first kappa shape index (κ1) is 22.4. The fourth-order valence-electron chi connectivity index (χ4n) is 6.94. The van der Waals surface area contributed by atoms with Gasteiger partial charge in [-0.25, -0.2) is 0 Å². The molecule has 2 atom stereocenters. The average Bonchev–Trinajstić information content (AvgIpc) is 3.34. The smallest absolute Gasteiger partial charge is 0.225 e. The summed E-state index contributed by atoms with van der Waals surface area (Å²) in [6.07, 6.45) is 5.68. The van der Waals surface area contributed by atoms with Gasteiger partial charge in [0.05, 0.1) is 18.5 Å². The zero-order valence-corrected chi connectivity index (χ0v) is 20.7. The molecule has 2 aromatic rings. The number of ether oxygens (including phenoxy) is 2. The molecule has 35 heavy (non-hydrogen) atoms. The van der Waals surface area contributed by atoms with Gasteiger partial charge in [-0.05, 0) is 60.6 Å². The maximum absolute atomic E-state index is 14.0. The Hall–Kier alpha value is -3.02. The monoisotopic (exact) mass is 474 g/mol. The van der Waals surface area contributed by atoms with Gasteiger partial charge in [-0.15, -0.1) is 0 Å². The molecule has 6 nitrogen and oxygen atoms in total. The minimum absolute atomic E-state index is 0.0297. The average molecular weight is 475 g/mol. The number of carbonyl (C=O) groups excluding carboxylic acids is 2. The summed E-state index contributed by atoms with van der Waals surface area (Å²) in [4.78, 5) is 30.5. The van der Waals surface area contributed by atoms with Gasteiger partial charge in [0.1, 0.15) is 13.2 Å². The van der Waals surface area contributed by atoms with Gasteiger partial charge in [-0.1, -0.05) is 37.1 Å². The molecule has 0 aromatic heterocycles. The summed E-state index contributed by atoms with van der Waals surface area (Å²) in [5, 5.41) is 0. The van der Waals surface area contributed by atoms with Crippen LogP contribution in [0.3, 0.4) is 0 Å². The molecule has 0 saturated heterocycles. The lowest BCUT2D eigenvalue weighted by atomic mass is 9.71. The van der Waals surface area contributed by atoms with Crippen molar-refractivity contribution in [3.63, 3.8) is 0 Å². The van der Waals surface area contributed by atoms with Crippen molar-refractivity contribution >= 4 is 11.8 Å². The lowest BCUT2D eigenvalue weighted by Crippen LogP contribution is -2.50. The highest BCUT2D eigenvalue weighted by Gasteiger charge is 2.47. The number of rotatable bonds is 2. The van der Waals surface area contributed by atoms with Crippen molar-refractivity contribution < 1.29 is 19.1 Å². The first-order valence-electron chi connectivity index (χ1n) is 13.1. The molecule has 0 radical (unpaired) electrons. The Morgan fingerprint density at radius 1 is 1.00 bits per heavy atom. The van der Waals surface area contributed by atoms with E-state index in [9.17, 15) is 9.59 Å². The summed E-state index contributed by atoms with van der Waals surface area (Å²) in [5.41, 5.74) is 4.85. The predicted molar refractivity (Wildman–Crippen MR) is 133 cm³/mol. The lowest BCUT2D eigenvalue weighted by molar-refractivity contribution is -0.139. The van der Waals surface area contributed by atoms with E-state index in [1.165, 1.54) is 29.5 Å². The summed E-state index contributed by atoms with van der Waals surface area (Å²) in [5.74, 6) is 1.78. The van der Waals surface area contributed by atoms with Crippen molar-refractivity contribution in [3.05, 3.63) is 58.7 Å². The van der Waals surface area contributed by atoms with Crippen molar-refractivity contribution in [2.75, 3.05) is 26.3 Å². The molecule has 1 fully saturated rings. The third-order valence-electron chi connectivity index (χ3n) is 8.74. The van der Waals surface area contributed by atoms with Gasteiger partial charge in [0, 0.05) is 25.4 Å². The van der Waals surface area contributed by atoms with E-state index in [0.29, 0.717) is 26.2 Å². The molecule has 3 aliphatic heterocycles. The van der Waals surface area contributed by atoms with E-state index in [4.69, 9.17) is 9.47 Å². The molecule has 184 valence electrons. The van der Waals surface area contributed by atoms with Crippen LogP contribution in [0.25, 0.3) is 0 Å². The van der Waals surface area contributed by atoms with Gasteiger partial charge in [-0.2, -0.15) is 0 Å². The third-order valence-corrected chi connectivity index (χ3v) is 8.74. The molecule has 0 bridgehead atoms. The van der Waals surface area contributed by atoms with Crippen LogP contribution >= 0.6 is 0 Å². The number of amides is 2. The van der Waals surface area contributed by atoms with E-state index in [1.807, 2.05) is 17.0 Å². The van der Waals surface area contributed by atoms with Crippen molar-refractivity contribution in [1.82, 2.24) is 9.80 Å². The van der Waals surface area contributed by atoms with E-state index in [0.717, 1.165) is 42.9 Å². The van der Waals surface area contributed by atoms with Gasteiger partial charge in [0.15, 0.2) is 11.5 Å². The van der Waals surface area contributed by atoms with Crippen LogP contribution in [0, 0.1) is 0 Å². The highest BCUT2D eigenvalue weighted by atomic mass is 16.6. The summed E-state index contributed by atoms with van der Waals surface area (Å²) in [6.45, 7) is 6.27. The van der Waals surface area contributed by atoms with Crippen LogP contribution < -0.4 is 9.47 Å². The number of nitrogens with zero attached hydrogens (tertiary/aromatic N) is 2. The molecule has 1 aliphatic carbocycles. The van der Waals surface area contributed by atoms with E-state index in [2.05, 4.69) is 36.1 Å². The zero-order chi connectivity index (χ0) is 24.2. The lowest BCUT2D eigenvalue weighted by Gasteiger charge is -2.47. The maximum atomic E-state index is 14.0. The second-order valence-electron chi connectivity index (χ2n) is 10.6. The van der Waals surface area contributed by atoms with Gasteiger partial charge < -0.3 is 19.3 Å².